The molecule has 3 atom stereocenters. The minimum atomic E-state index is -0.148. The Morgan fingerprint density at radius 1 is 1.44 bits per heavy atom. The maximum absolute atomic E-state index is 11.6. The first-order valence-corrected chi connectivity index (χ1v) is 6.38. The van der Waals surface area contributed by atoms with E-state index in [1.165, 1.54) is 12.8 Å². The van der Waals surface area contributed by atoms with Crippen molar-refractivity contribution in [3.8, 4) is 0 Å². The van der Waals surface area contributed by atoms with Gasteiger partial charge in [-0.25, -0.2) is 0 Å². The number of hydrogen-bond donors (Lipinski definition) is 0. The second kappa shape index (κ2) is 4.56. The van der Waals surface area contributed by atoms with Crippen LogP contribution in [0, 0.1) is 17.8 Å². The topological polar surface area (TPSA) is 29.3 Å². The Morgan fingerprint density at radius 2 is 2.12 bits per heavy atom. The van der Waals surface area contributed by atoms with Crippen molar-refractivity contribution in [3.05, 3.63) is 0 Å². The average molecular weight is 224 g/mol. The summed E-state index contributed by atoms with van der Waals surface area (Å²) in [4.78, 5) is 11.6. The van der Waals surface area contributed by atoms with Crippen LogP contribution in [0.15, 0.2) is 0 Å². The van der Waals surface area contributed by atoms with Gasteiger partial charge < -0.3 is 4.74 Å². The Balaban J connectivity index is 1.96. The number of hydrogen-bond acceptors (Lipinski definition) is 2. The summed E-state index contributed by atoms with van der Waals surface area (Å²) in [5, 5.41) is 0. The van der Waals surface area contributed by atoms with Crippen molar-refractivity contribution < 1.29 is 14.1 Å². The van der Waals surface area contributed by atoms with E-state index in [0.29, 0.717) is 17.8 Å². The minimum Gasteiger partial charge on any atom is -0.408 e. The highest BCUT2D eigenvalue weighted by molar-refractivity contribution is 5.75. The third kappa shape index (κ3) is 2.63. The highest BCUT2D eigenvalue weighted by Gasteiger charge is 2.38. The first-order valence-electron chi connectivity index (χ1n) is 6.38. The van der Waals surface area contributed by atoms with Crippen LogP contribution in [0.1, 0.15) is 40.0 Å². The molecule has 1 amide bonds. The summed E-state index contributed by atoms with van der Waals surface area (Å²) in [5.74, 6) is 1.83. The Hall–Kier alpha value is -0.860. The van der Waals surface area contributed by atoms with Crippen molar-refractivity contribution in [2.75, 3.05) is 6.54 Å². The van der Waals surface area contributed by atoms with Crippen molar-refractivity contribution in [3.63, 3.8) is 0 Å². The van der Waals surface area contributed by atoms with Gasteiger partial charge in [0.2, 0.25) is 12.8 Å². The lowest BCUT2D eigenvalue weighted by atomic mass is 9.75. The molecule has 3 unspecified atom stereocenters. The van der Waals surface area contributed by atoms with Crippen LogP contribution in [0.3, 0.4) is 0 Å². The van der Waals surface area contributed by atoms with Crippen molar-refractivity contribution in [2.45, 2.75) is 46.1 Å². The molecular formula is C13H22NO2+. The summed E-state index contributed by atoms with van der Waals surface area (Å²) < 4.78 is 7.25. The molecule has 3 heteroatoms. The fourth-order valence-corrected chi connectivity index (χ4v) is 2.64. The summed E-state index contributed by atoms with van der Waals surface area (Å²) >= 11 is 0. The van der Waals surface area contributed by atoms with Gasteiger partial charge in [-0.05, 0) is 30.6 Å². The molecule has 0 aromatic heterocycles. The molecule has 16 heavy (non-hydrogen) atoms. The minimum absolute atomic E-state index is 0.130. The molecule has 1 fully saturated rings. The zero-order valence-corrected chi connectivity index (χ0v) is 10.5. The summed E-state index contributed by atoms with van der Waals surface area (Å²) in [7, 11) is 0. The predicted molar refractivity (Wildman–Crippen MR) is 62.8 cm³/mol. The molecule has 1 heterocycles. The summed E-state index contributed by atoms with van der Waals surface area (Å²) in [6, 6.07) is 0. The van der Waals surface area contributed by atoms with Crippen molar-refractivity contribution in [2.24, 2.45) is 17.8 Å². The molecule has 0 aromatic carbocycles. The lowest BCUT2D eigenvalue weighted by Gasteiger charge is -2.35. The van der Waals surface area contributed by atoms with Gasteiger partial charge in [-0.3, -0.25) is 0 Å². The summed E-state index contributed by atoms with van der Waals surface area (Å²) in [6.45, 7) is 7.46. The highest BCUT2D eigenvalue weighted by Crippen LogP contribution is 2.35. The SMILES string of the molecule is CC1CCC(C(C)C)C(OC(=O)[N+]2=CC2)C1. The van der Waals surface area contributed by atoms with Crippen molar-refractivity contribution in [1.29, 1.82) is 0 Å². The van der Waals surface area contributed by atoms with Gasteiger partial charge in [-0.1, -0.05) is 27.2 Å². The van der Waals surface area contributed by atoms with E-state index in [1.54, 1.807) is 4.58 Å². The molecule has 2 rings (SSSR count). The van der Waals surface area contributed by atoms with E-state index in [2.05, 4.69) is 20.8 Å². The molecular weight excluding hydrogens is 202 g/mol. The predicted octanol–water partition coefficient (Wildman–Crippen LogP) is 2.68. The quantitative estimate of drug-likeness (QED) is 0.675. The second-order valence-corrected chi connectivity index (χ2v) is 5.58. The first-order chi connectivity index (χ1) is 7.58. The van der Waals surface area contributed by atoms with Crippen LogP contribution in [0.4, 0.5) is 4.79 Å². The number of carbonyl (C=O) groups is 1. The first kappa shape index (κ1) is 11.6. The molecule has 0 saturated heterocycles. The maximum atomic E-state index is 11.6. The summed E-state index contributed by atoms with van der Waals surface area (Å²) in [5.41, 5.74) is 0. The molecule has 90 valence electrons. The Labute approximate surface area is 97.5 Å². The van der Waals surface area contributed by atoms with Crippen molar-refractivity contribution in [1.82, 2.24) is 0 Å². The van der Waals surface area contributed by atoms with Crippen LogP contribution in [-0.4, -0.2) is 29.5 Å². The fourth-order valence-electron chi connectivity index (χ4n) is 2.64. The molecule has 3 nitrogen and oxygen atoms in total. The number of carbonyl (C=O) groups excluding carboxylic acids is 1. The van der Waals surface area contributed by atoms with E-state index < -0.39 is 0 Å². The van der Waals surface area contributed by atoms with Gasteiger partial charge in [0.1, 0.15) is 6.10 Å². The lowest BCUT2D eigenvalue weighted by Crippen LogP contribution is -2.36. The summed E-state index contributed by atoms with van der Waals surface area (Å²) in [6.07, 6.45) is 5.34. The zero-order chi connectivity index (χ0) is 11.7. The molecule has 0 N–H and O–H groups in total. The smallest absolute Gasteiger partial charge is 0.408 e. The lowest BCUT2D eigenvalue weighted by molar-refractivity contribution is -0.361. The molecule has 0 radical (unpaired) electrons. The van der Waals surface area contributed by atoms with Gasteiger partial charge in [0.15, 0.2) is 0 Å². The Bertz CT molecular complexity index is 309. The van der Waals surface area contributed by atoms with Gasteiger partial charge in [0.05, 0.1) is 0 Å². The molecule has 1 aliphatic carbocycles. The van der Waals surface area contributed by atoms with E-state index in [4.69, 9.17) is 4.74 Å². The second-order valence-electron chi connectivity index (χ2n) is 5.58. The number of amides is 1. The fraction of sp³-hybridized carbons (Fsp3) is 0.846. The molecule has 1 saturated carbocycles. The van der Waals surface area contributed by atoms with Crippen LogP contribution in [0.2, 0.25) is 0 Å². The van der Waals surface area contributed by atoms with Crippen LogP contribution < -0.4 is 0 Å². The van der Waals surface area contributed by atoms with Gasteiger partial charge >= 0.3 is 6.09 Å². The van der Waals surface area contributed by atoms with E-state index in [9.17, 15) is 4.79 Å². The standard InChI is InChI=1S/C13H22NO2/c1-9(2)11-5-4-10(3)8-12(11)16-13(15)14-6-7-14/h6,9-12H,4-5,7-8H2,1-3H3/q+1. The van der Waals surface area contributed by atoms with Crippen LogP contribution in [0.25, 0.3) is 0 Å². The largest absolute Gasteiger partial charge is 0.597 e. The third-order valence-electron chi connectivity index (χ3n) is 3.81. The van der Waals surface area contributed by atoms with Gasteiger partial charge in [0, 0.05) is 0 Å². The highest BCUT2D eigenvalue weighted by atomic mass is 16.6. The number of nitrogens with zero attached hydrogens (tertiary/aromatic N) is 1. The molecule has 2 aliphatic rings. The Kier molecular flexibility index (Phi) is 3.31. The van der Waals surface area contributed by atoms with Gasteiger partial charge in [-0.15, -0.1) is 4.58 Å². The van der Waals surface area contributed by atoms with E-state index in [-0.39, 0.29) is 12.2 Å². The maximum Gasteiger partial charge on any atom is 0.597 e. The number of ether oxygens (including phenoxy) is 1. The van der Waals surface area contributed by atoms with Crippen LogP contribution in [-0.2, 0) is 4.74 Å². The Morgan fingerprint density at radius 3 is 2.69 bits per heavy atom. The van der Waals surface area contributed by atoms with Crippen LogP contribution >= 0.6 is 0 Å². The van der Waals surface area contributed by atoms with E-state index >= 15 is 0 Å². The van der Waals surface area contributed by atoms with Crippen molar-refractivity contribution >= 4 is 12.3 Å². The molecule has 0 bridgehead atoms. The van der Waals surface area contributed by atoms with Gasteiger partial charge in [-0.2, -0.15) is 4.79 Å². The monoisotopic (exact) mass is 224 g/mol. The number of rotatable bonds is 2. The normalized spacial score (nSPS) is 33.5. The molecule has 1 aliphatic heterocycles. The molecule has 0 spiro atoms. The third-order valence-corrected chi connectivity index (χ3v) is 3.81. The molecule has 0 aromatic rings. The van der Waals surface area contributed by atoms with E-state index in [0.717, 1.165) is 13.0 Å². The van der Waals surface area contributed by atoms with E-state index in [1.807, 2.05) is 6.21 Å². The zero-order valence-electron chi connectivity index (χ0n) is 10.5. The average Bonchev–Trinajstić information content (AvgIpc) is 2.99. The van der Waals surface area contributed by atoms with Crippen LogP contribution in [0.5, 0.6) is 0 Å². The van der Waals surface area contributed by atoms with Gasteiger partial charge in [0.25, 0.3) is 0 Å².